The summed E-state index contributed by atoms with van der Waals surface area (Å²) in [5, 5.41) is 2.86. The van der Waals surface area contributed by atoms with Gasteiger partial charge in [0.1, 0.15) is 0 Å². The van der Waals surface area contributed by atoms with E-state index in [-0.39, 0.29) is 5.91 Å². The Morgan fingerprint density at radius 1 is 0.643 bits per heavy atom. The molecule has 0 saturated carbocycles. The average molecular weight is 388 g/mol. The van der Waals surface area contributed by atoms with E-state index in [1.807, 2.05) is 6.92 Å². The van der Waals surface area contributed by atoms with Crippen molar-refractivity contribution in [2.75, 3.05) is 6.54 Å². The molecule has 28 heavy (non-hydrogen) atoms. The average Bonchev–Trinajstić information content (AvgIpc) is 2.71. The Bertz CT molecular complexity index is 457. The Hall–Kier alpha value is -1.31. The third kappa shape index (κ3) is 15.7. The van der Waals surface area contributed by atoms with E-state index in [2.05, 4.69) is 35.6 Å². The van der Waals surface area contributed by atoms with Gasteiger partial charge in [-0.3, -0.25) is 4.79 Å². The molecule has 0 bridgehead atoms. The fraction of sp³-hybridized carbons (Fsp3) is 0.731. The van der Waals surface area contributed by atoms with Crippen LogP contribution in [0.2, 0.25) is 0 Å². The van der Waals surface area contributed by atoms with Crippen LogP contribution < -0.4 is 5.32 Å². The zero-order chi connectivity index (χ0) is 20.1. The first-order valence-corrected chi connectivity index (χ1v) is 12.1. The highest BCUT2D eigenvalue weighted by atomic mass is 16.1. The molecule has 1 rings (SSSR count). The second kappa shape index (κ2) is 19.0. The predicted molar refractivity (Wildman–Crippen MR) is 123 cm³/mol. The first kappa shape index (κ1) is 24.7. The van der Waals surface area contributed by atoms with E-state index in [4.69, 9.17) is 0 Å². The quantitative estimate of drug-likeness (QED) is 0.243. The number of amides is 1. The van der Waals surface area contributed by atoms with Crippen LogP contribution in [0.3, 0.4) is 0 Å². The van der Waals surface area contributed by atoms with Crippen LogP contribution in [0.4, 0.5) is 0 Å². The highest BCUT2D eigenvalue weighted by molar-refractivity contribution is 5.75. The highest BCUT2D eigenvalue weighted by Gasteiger charge is 1.99. The van der Waals surface area contributed by atoms with E-state index in [9.17, 15) is 4.79 Å². The van der Waals surface area contributed by atoms with Crippen LogP contribution in [-0.2, 0) is 11.2 Å². The third-order valence-electron chi connectivity index (χ3n) is 5.59. The van der Waals surface area contributed by atoms with Gasteiger partial charge in [-0.2, -0.15) is 0 Å². The molecule has 0 aliphatic heterocycles. The van der Waals surface area contributed by atoms with Gasteiger partial charge in [-0.25, -0.2) is 0 Å². The summed E-state index contributed by atoms with van der Waals surface area (Å²) in [5.41, 5.74) is 1.49. The molecule has 1 aromatic carbocycles. The minimum absolute atomic E-state index is 0.217. The molecule has 1 amide bonds. The lowest BCUT2D eigenvalue weighted by atomic mass is 10.0. The molecule has 0 heterocycles. The second-order valence-corrected chi connectivity index (χ2v) is 8.24. The van der Waals surface area contributed by atoms with Gasteiger partial charge >= 0.3 is 0 Å². The van der Waals surface area contributed by atoms with Crippen LogP contribution in [0, 0.1) is 0 Å². The maximum absolute atomic E-state index is 11.3. The summed E-state index contributed by atoms with van der Waals surface area (Å²) in [4.78, 5) is 11.3. The second-order valence-electron chi connectivity index (χ2n) is 8.24. The molecule has 160 valence electrons. The molecular weight excluding hydrogens is 342 g/mol. The predicted octanol–water partition coefficient (Wildman–Crippen LogP) is 7.61. The number of benzene rings is 1. The zero-order valence-electron chi connectivity index (χ0n) is 18.5. The van der Waals surface area contributed by atoms with Crippen molar-refractivity contribution in [3.8, 4) is 0 Å². The van der Waals surface area contributed by atoms with E-state index >= 15 is 0 Å². The van der Waals surface area contributed by atoms with Crippen molar-refractivity contribution in [1.29, 1.82) is 0 Å². The number of nitrogens with one attached hydrogen (secondary N) is 1. The van der Waals surface area contributed by atoms with E-state index in [1.54, 1.807) is 0 Å². The summed E-state index contributed by atoms with van der Waals surface area (Å²) in [7, 11) is 0. The summed E-state index contributed by atoms with van der Waals surface area (Å²) in [6.07, 6.45) is 22.3. The van der Waals surface area contributed by atoms with Gasteiger partial charge in [0, 0.05) is 13.0 Å². The Morgan fingerprint density at radius 2 is 1.07 bits per heavy atom. The first-order valence-electron chi connectivity index (χ1n) is 12.1. The summed E-state index contributed by atoms with van der Waals surface area (Å²) in [6.45, 7) is 2.74. The number of carbonyl (C=O) groups excluding carboxylic acids is 1. The fourth-order valence-corrected chi connectivity index (χ4v) is 3.84. The lowest BCUT2D eigenvalue weighted by molar-refractivity contribution is -0.121. The number of rotatable bonds is 19. The van der Waals surface area contributed by atoms with Gasteiger partial charge in [-0.1, -0.05) is 114 Å². The van der Waals surface area contributed by atoms with Crippen LogP contribution in [0.15, 0.2) is 30.3 Å². The number of unbranched alkanes of at least 4 members (excludes halogenated alkanes) is 14. The number of carbonyl (C=O) groups is 1. The minimum Gasteiger partial charge on any atom is -0.356 e. The number of hydrogen-bond acceptors (Lipinski definition) is 1. The van der Waals surface area contributed by atoms with Gasteiger partial charge < -0.3 is 5.32 Å². The van der Waals surface area contributed by atoms with Crippen LogP contribution in [0.25, 0.3) is 0 Å². The van der Waals surface area contributed by atoms with Crippen molar-refractivity contribution < 1.29 is 4.79 Å². The molecular formula is C26H45NO. The maximum Gasteiger partial charge on any atom is 0.219 e. The fourth-order valence-electron chi connectivity index (χ4n) is 3.84. The number of hydrogen-bond donors (Lipinski definition) is 1. The van der Waals surface area contributed by atoms with Gasteiger partial charge in [0.2, 0.25) is 5.91 Å². The molecule has 1 aromatic rings. The molecule has 0 aliphatic carbocycles. The summed E-state index contributed by atoms with van der Waals surface area (Å²) in [6, 6.07) is 10.9. The van der Waals surface area contributed by atoms with Crippen LogP contribution in [0.5, 0.6) is 0 Å². The summed E-state index contributed by atoms with van der Waals surface area (Å²) < 4.78 is 0. The maximum atomic E-state index is 11.3. The standard InChI is InChI=1S/C26H45NO/c1-2-27-26(28)24-20-15-13-11-9-7-5-3-4-6-8-10-12-14-17-21-25-22-18-16-19-23-25/h16,18-19,22-23H,2-15,17,20-21,24H2,1H3,(H,27,28). The highest BCUT2D eigenvalue weighted by Crippen LogP contribution is 2.14. The summed E-state index contributed by atoms with van der Waals surface area (Å²) >= 11 is 0. The SMILES string of the molecule is CCNC(=O)CCCCCCCCCCCCCCCCCc1ccccc1. The molecule has 0 radical (unpaired) electrons. The molecule has 0 saturated heterocycles. The smallest absolute Gasteiger partial charge is 0.219 e. The van der Waals surface area contributed by atoms with Gasteiger partial charge in [-0.05, 0) is 31.7 Å². The molecule has 0 spiro atoms. The lowest BCUT2D eigenvalue weighted by Gasteiger charge is -2.04. The Kier molecular flexibility index (Phi) is 16.8. The summed E-state index contributed by atoms with van der Waals surface area (Å²) in [5.74, 6) is 0.217. The van der Waals surface area contributed by atoms with Gasteiger partial charge in [0.25, 0.3) is 0 Å². The van der Waals surface area contributed by atoms with Crippen molar-refractivity contribution in [1.82, 2.24) is 5.32 Å². The van der Waals surface area contributed by atoms with Gasteiger partial charge in [0.15, 0.2) is 0 Å². The largest absolute Gasteiger partial charge is 0.356 e. The van der Waals surface area contributed by atoms with Gasteiger partial charge in [0.05, 0.1) is 0 Å². The van der Waals surface area contributed by atoms with Crippen LogP contribution >= 0.6 is 0 Å². The molecule has 0 aliphatic rings. The molecule has 1 N–H and O–H groups in total. The molecule has 2 nitrogen and oxygen atoms in total. The van der Waals surface area contributed by atoms with Crippen molar-refractivity contribution in [3.63, 3.8) is 0 Å². The molecule has 0 unspecified atom stereocenters. The molecule has 0 fully saturated rings. The topological polar surface area (TPSA) is 29.1 Å². The van der Waals surface area contributed by atoms with E-state index in [0.717, 1.165) is 13.0 Å². The van der Waals surface area contributed by atoms with Gasteiger partial charge in [-0.15, -0.1) is 0 Å². The Balaban J connectivity index is 1.70. The van der Waals surface area contributed by atoms with Crippen molar-refractivity contribution in [2.24, 2.45) is 0 Å². The monoisotopic (exact) mass is 387 g/mol. The van der Waals surface area contributed by atoms with E-state index < -0.39 is 0 Å². The zero-order valence-corrected chi connectivity index (χ0v) is 18.5. The normalized spacial score (nSPS) is 10.9. The molecule has 2 heteroatoms. The van der Waals surface area contributed by atoms with E-state index in [0.29, 0.717) is 6.42 Å². The van der Waals surface area contributed by atoms with Crippen molar-refractivity contribution in [2.45, 2.75) is 116 Å². The number of aryl methyl sites for hydroxylation is 1. The minimum atomic E-state index is 0.217. The molecule has 0 aromatic heterocycles. The lowest BCUT2D eigenvalue weighted by Crippen LogP contribution is -2.21. The third-order valence-corrected chi connectivity index (χ3v) is 5.59. The van der Waals surface area contributed by atoms with E-state index in [1.165, 1.54) is 102 Å². The van der Waals surface area contributed by atoms with Crippen molar-refractivity contribution >= 4 is 5.91 Å². The molecule has 0 atom stereocenters. The first-order chi connectivity index (χ1) is 13.8. The van der Waals surface area contributed by atoms with Crippen LogP contribution in [0.1, 0.15) is 115 Å². The van der Waals surface area contributed by atoms with Crippen molar-refractivity contribution in [3.05, 3.63) is 35.9 Å². The Labute approximate surface area is 174 Å². The Morgan fingerprint density at radius 3 is 1.54 bits per heavy atom. The van der Waals surface area contributed by atoms with Crippen LogP contribution in [-0.4, -0.2) is 12.5 Å².